The second-order valence-electron chi connectivity index (χ2n) is 4.57. The van der Waals surface area contributed by atoms with Crippen molar-refractivity contribution in [1.82, 2.24) is 10.6 Å². The number of hydrogen-bond donors (Lipinski definition) is 3. The van der Waals surface area contributed by atoms with Crippen LogP contribution in [-0.4, -0.2) is 29.2 Å². The molecule has 0 fully saturated rings. The predicted octanol–water partition coefficient (Wildman–Crippen LogP) is 1.97. The van der Waals surface area contributed by atoms with Crippen LogP contribution in [0.3, 0.4) is 0 Å². The lowest BCUT2D eigenvalue weighted by atomic mass is 10.0. The number of urea groups is 1. The first-order valence-electron chi connectivity index (χ1n) is 6.20. The van der Waals surface area contributed by atoms with Crippen LogP contribution >= 0.6 is 0 Å². The Morgan fingerprint density at radius 3 is 2.12 bits per heavy atom. The Balaban J connectivity index is 4.04. The maximum atomic E-state index is 11.5. The number of carbonyl (C=O) groups excluding carboxylic acids is 1. The molecule has 0 aliphatic rings. The number of amides is 2. The lowest BCUT2D eigenvalue weighted by Crippen LogP contribution is -2.48. The number of carboxylic acids is 1. The third-order valence-corrected chi connectivity index (χ3v) is 2.84. The fourth-order valence-corrected chi connectivity index (χ4v) is 1.59. The Hall–Kier alpha value is -1.26. The quantitative estimate of drug-likeness (QED) is 0.640. The molecular formula is C12H24N2O3. The first kappa shape index (κ1) is 15.7. The van der Waals surface area contributed by atoms with Crippen molar-refractivity contribution in [1.29, 1.82) is 0 Å². The number of aliphatic carboxylic acids is 1. The number of nitrogens with one attached hydrogen (secondary N) is 2. The normalized spacial score (nSPS) is 15.8. The van der Waals surface area contributed by atoms with Gasteiger partial charge in [-0.25, -0.2) is 9.59 Å². The van der Waals surface area contributed by atoms with Crippen molar-refractivity contribution >= 4 is 12.0 Å². The zero-order valence-corrected chi connectivity index (χ0v) is 11.1. The van der Waals surface area contributed by atoms with Gasteiger partial charge in [0, 0.05) is 6.04 Å². The average Bonchev–Trinajstić information content (AvgIpc) is 2.24. The smallest absolute Gasteiger partial charge is 0.326 e. The van der Waals surface area contributed by atoms with Crippen molar-refractivity contribution in [3.63, 3.8) is 0 Å². The van der Waals surface area contributed by atoms with Crippen molar-refractivity contribution in [2.45, 2.75) is 59.0 Å². The number of rotatable bonds is 7. The van der Waals surface area contributed by atoms with Crippen molar-refractivity contribution in [3.8, 4) is 0 Å². The van der Waals surface area contributed by atoms with E-state index < -0.39 is 18.0 Å². The zero-order chi connectivity index (χ0) is 13.4. The molecule has 0 radical (unpaired) electrons. The van der Waals surface area contributed by atoms with E-state index >= 15 is 0 Å². The van der Waals surface area contributed by atoms with Crippen molar-refractivity contribution in [3.05, 3.63) is 0 Å². The van der Waals surface area contributed by atoms with Gasteiger partial charge in [-0.1, -0.05) is 27.2 Å². The standard InChI is InChI=1S/C12H24N2O3/c1-5-8(3)7-9(4)13-12(17)14-10(6-2)11(15)16/h8-10H,5-7H2,1-4H3,(H,15,16)(H2,13,14,17). The Bertz CT molecular complexity index is 256. The molecule has 5 heteroatoms. The Kier molecular flexibility index (Phi) is 7.34. The summed E-state index contributed by atoms with van der Waals surface area (Å²) < 4.78 is 0. The second kappa shape index (κ2) is 7.92. The van der Waals surface area contributed by atoms with Crippen LogP contribution in [0.2, 0.25) is 0 Å². The molecule has 0 spiro atoms. The molecule has 0 saturated carbocycles. The van der Waals surface area contributed by atoms with E-state index in [-0.39, 0.29) is 6.04 Å². The molecule has 3 atom stereocenters. The van der Waals surface area contributed by atoms with Gasteiger partial charge in [0.1, 0.15) is 6.04 Å². The van der Waals surface area contributed by atoms with Gasteiger partial charge in [0.2, 0.25) is 0 Å². The summed E-state index contributed by atoms with van der Waals surface area (Å²) in [5.74, 6) is -0.455. The SMILES string of the molecule is CCC(C)CC(C)NC(=O)NC(CC)C(=O)O. The van der Waals surface area contributed by atoms with E-state index in [0.717, 1.165) is 12.8 Å². The molecule has 0 rings (SSSR count). The molecule has 0 bridgehead atoms. The summed E-state index contributed by atoms with van der Waals surface area (Å²) >= 11 is 0. The van der Waals surface area contributed by atoms with Crippen LogP contribution in [0.25, 0.3) is 0 Å². The van der Waals surface area contributed by atoms with Gasteiger partial charge in [-0.05, 0) is 25.7 Å². The van der Waals surface area contributed by atoms with Crippen LogP contribution in [0, 0.1) is 5.92 Å². The molecule has 17 heavy (non-hydrogen) atoms. The van der Waals surface area contributed by atoms with Crippen LogP contribution in [0.4, 0.5) is 4.79 Å². The molecule has 0 saturated heterocycles. The summed E-state index contributed by atoms with van der Waals surface area (Å²) in [5, 5.41) is 14.0. The third kappa shape index (κ3) is 6.81. The summed E-state index contributed by atoms with van der Waals surface area (Å²) in [5.41, 5.74) is 0. The Morgan fingerprint density at radius 1 is 1.12 bits per heavy atom. The molecule has 3 N–H and O–H groups in total. The molecular weight excluding hydrogens is 220 g/mol. The molecule has 0 aromatic carbocycles. The fraction of sp³-hybridized carbons (Fsp3) is 0.833. The molecule has 5 nitrogen and oxygen atoms in total. The predicted molar refractivity (Wildman–Crippen MR) is 66.9 cm³/mol. The van der Waals surface area contributed by atoms with Crippen LogP contribution in [0.1, 0.15) is 47.0 Å². The number of hydrogen-bond acceptors (Lipinski definition) is 2. The minimum Gasteiger partial charge on any atom is -0.480 e. The zero-order valence-electron chi connectivity index (χ0n) is 11.1. The lowest BCUT2D eigenvalue weighted by Gasteiger charge is -2.19. The Morgan fingerprint density at radius 2 is 1.71 bits per heavy atom. The van der Waals surface area contributed by atoms with E-state index in [1.54, 1.807) is 6.92 Å². The van der Waals surface area contributed by atoms with E-state index in [4.69, 9.17) is 5.11 Å². The summed E-state index contributed by atoms with van der Waals surface area (Å²) in [6.07, 6.45) is 2.34. The van der Waals surface area contributed by atoms with Gasteiger partial charge >= 0.3 is 12.0 Å². The highest BCUT2D eigenvalue weighted by molar-refractivity contribution is 5.82. The maximum Gasteiger partial charge on any atom is 0.326 e. The molecule has 3 unspecified atom stereocenters. The van der Waals surface area contributed by atoms with Gasteiger partial charge in [-0.3, -0.25) is 0 Å². The molecule has 0 aliphatic carbocycles. The highest BCUT2D eigenvalue weighted by Crippen LogP contribution is 2.09. The monoisotopic (exact) mass is 244 g/mol. The first-order chi connectivity index (χ1) is 7.90. The van der Waals surface area contributed by atoms with Gasteiger partial charge in [-0.2, -0.15) is 0 Å². The molecule has 0 aromatic heterocycles. The van der Waals surface area contributed by atoms with Crippen molar-refractivity contribution in [2.24, 2.45) is 5.92 Å². The van der Waals surface area contributed by atoms with Crippen molar-refractivity contribution < 1.29 is 14.7 Å². The fourth-order valence-electron chi connectivity index (χ4n) is 1.59. The molecule has 0 aromatic rings. The van der Waals surface area contributed by atoms with Crippen LogP contribution in [0.5, 0.6) is 0 Å². The van der Waals surface area contributed by atoms with Gasteiger partial charge in [0.15, 0.2) is 0 Å². The van der Waals surface area contributed by atoms with E-state index in [2.05, 4.69) is 24.5 Å². The van der Waals surface area contributed by atoms with E-state index in [9.17, 15) is 9.59 Å². The number of carboxylic acid groups (broad SMARTS) is 1. The first-order valence-corrected chi connectivity index (χ1v) is 6.20. The van der Waals surface area contributed by atoms with E-state index in [1.807, 2.05) is 6.92 Å². The van der Waals surface area contributed by atoms with Crippen molar-refractivity contribution in [2.75, 3.05) is 0 Å². The third-order valence-electron chi connectivity index (χ3n) is 2.84. The highest BCUT2D eigenvalue weighted by Gasteiger charge is 2.18. The van der Waals surface area contributed by atoms with Crippen LogP contribution < -0.4 is 10.6 Å². The summed E-state index contributed by atoms with van der Waals surface area (Å²) in [4.78, 5) is 22.2. The minimum atomic E-state index is -1.00. The van der Waals surface area contributed by atoms with Gasteiger partial charge < -0.3 is 15.7 Å². The number of carbonyl (C=O) groups is 2. The largest absolute Gasteiger partial charge is 0.480 e. The molecule has 2 amide bonds. The Labute approximate surface area is 103 Å². The average molecular weight is 244 g/mol. The van der Waals surface area contributed by atoms with Crippen LogP contribution in [0.15, 0.2) is 0 Å². The van der Waals surface area contributed by atoms with Crippen LogP contribution in [-0.2, 0) is 4.79 Å². The topological polar surface area (TPSA) is 78.4 Å². The summed E-state index contributed by atoms with van der Waals surface area (Å²) in [7, 11) is 0. The molecule has 0 heterocycles. The highest BCUT2D eigenvalue weighted by atomic mass is 16.4. The summed E-state index contributed by atoms with van der Waals surface area (Å²) in [6, 6.07) is -1.17. The summed E-state index contributed by atoms with van der Waals surface area (Å²) in [6.45, 7) is 7.88. The maximum absolute atomic E-state index is 11.5. The van der Waals surface area contributed by atoms with E-state index in [0.29, 0.717) is 12.3 Å². The van der Waals surface area contributed by atoms with E-state index in [1.165, 1.54) is 0 Å². The van der Waals surface area contributed by atoms with Gasteiger partial charge in [0.05, 0.1) is 0 Å². The molecule has 100 valence electrons. The molecule has 0 aliphatic heterocycles. The van der Waals surface area contributed by atoms with Gasteiger partial charge in [-0.15, -0.1) is 0 Å². The van der Waals surface area contributed by atoms with Gasteiger partial charge in [0.25, 0.3) is 0 Å². The second-order valence-corrected chi connectivity index (χ2v) is 4.57. The minimum absolute atomic E-state index is 0.0521. The lowest BCUT2D eigenvalue weighted by molar-refractivity contribution is -0.139.